The number of hydrogen-bond acceptors (Lipinski definition) is 4. The molecule has 0 spiro atoms. The van der Waals surface area contributed by atoms with Crippen LogP contribution >= 0.6 is 11.8 Å². The Balaban J connectivity index is 1.40. The number of amides is 2. The maximum atomic E-state index is 12.3. The van der Waals surface area contributed by atoms with Gasteiger partial charge in [-0.05, 0) is 11.6 Å². The van der Waals surface area contributed by atoms with Crippen molar-refractivity contribution >= 4 is 23.6 Å². The molecular formula is C16H16N4O2S. The predicted molar refractivity (Wildman–Crippen MR) is 86.2 cm³/mol. The molecule has 2 amide bonds. The molecule has 0 saturated heterocycles. The molecule has 6 nitrogen and oxygen atoms in total. The molecule has 23 heavy (non-hydrogen) atoms. The average Bonchev–Trinajstić information content (AvgIpc) is 3.14. The number of rotatable bonds is 3. The number of imidazole rings is 1. The van der Waals surface area contributed by atoms with Crippen LogP contribution in [0.3, 0.4) is 0 Å². The van der Waals surface area contributed by atoms with Gasteiger partial charge in [0.1, 0.15) is 6.04 Å². The fourth-order valence-corrected chi connectivity index (χ4v) is 3.89. The lowest BCUT2D eigenvalue weighted by atomic mass is 9.95. The average molecular weight is 328 g/mol. The molecule has 0 aliphatic carbocycles. The number of aromatic nitrogens is 2. The molecule has 1 atom stereocenters. The summed E-state index contributed by atoms with van der Waals surface area (Å²) in [5.74, 6) is 0.695. The van der Waals surface area contributed by atoms with Crippen molar-refractivity contribution in [1.29, 1.82) is 0 Å². The minimum atomic E-state index is -0.527. The zero-order valence-electron chi connectivity index (χ0n) is 12.4. The first-order chi connectivity index (χ1) is 11.2. The third-order valence-electron chi connectivity index (χ3n) is 4.10. The quantitative estimate of drug-likeness (QED) is 0.880. The highest BCUT2D eigenvalue weighted by molar-refractivity contribution is 7.99. The van der Waals surface area contributed by atoms with Crippen LogP contribution < -0.4 is 10.6 Å². The largest absolute Gasteiger partial charge is 0.349 e. The van der Waals surface area contributed by atoms with E-state index in [0.29, 0.717) is 18.5 Å². The Bertz CT molecular complexity index is 765. The molecule has 0 radical (unpaired) electrons. The summed E-state index contributed by atoms with van der Waals surface area (Å²) in [6.45, 7) is 1.35. The molecule has 3 heterocycles. The Kier molecular flexibility index (Phi) is 3.57. The Morgan fingerprint density at radius 2 is 2.30 bits per heavy atom. The first kappa shape index (κ1) is 14.3. The molecule has 2 N–H and O–H groups in total. The van der Waals surface area contributed by atoms with Crippen molar-refractivity contribution in [2.75, 3.05) is 5.75 Å². The van der Waals surface area contributed by atoms with Crippen LogP contribution in [-0.4, -0.2) is 33.2 Å². The second-order valence-corrected chi connectivity index (χ2v) is 6.72. The Hall–Kier alpha value is -2.28. The molecular weight excluding hydrogens is 312 g/mol. The van der Waals surface area contributed by atoms with Gasteiger partial charge in [0.15, 0.2) is 5.16 Å². The topological polar surface area (TPSA) is 76.0 Å². The Labute approximate surface area is 137 Å². The van der Waals surface area contributed by atoms with E-state index in [2.05, 4.69) is 20.2 Å². The summed E-state index contributed by atoms with van der Waals surface area (Å²) in [5.41, 5.74) is 2.41. The highest BCUT2D eigenvalue weighted by Gasteiger charge is 2.28. The molecule has 118 valence electrons. The first-order valence-electron chi connectivity index (χ1n) is 7.56. The van der Waals surface area contributed by atoms with Crippen LogP contribution in [0.15, 0.2) is 35.6 Å². The van der Waals surface area contributed by atoms with E-state index in [4.69, 9.17) is 0 Å². The van der Waals surface area contributed by atoms with Crippen LogP contribution in [0.1, 0.15) is 21.6 Å². The van der Waals surface area contributed by atoms with E-state index in [-0.39, 0.29) is 11.8 Å². The number of aryl methyl sites for hydroxylation is 1. The van der Waals surface area contributed by atoms with Gasteiger partial charge in [0.25, 0.3) is 5.91 Å². The fraction of sp³-hybridized carbons (Fsp3) is 0.312. The smallest absolute Gasteiger partial charge is 0.252 e. The maximum Gasteiger partial charge on any atom is 0.252 e. The van der Waals surface area contributed by atoms with Gasteiger partial charge in [-0.2, -0.15) is 0 Å². The lowest BCUT2D eigenvalue weighted by Gasteiger charge is -2.24. The molecule has 0 saturated carbocycles. The summed E-state index contributed by atoms with van der Waals surface area (Å²) in [6.07, 6.45) is 2.49. The number of fused-ring (bicyclic) bond motifs is 2. The van der Waals surface area contributed by atoms with Gasteiger partial charge in [0.2, 0.25) is 5.91 Å². The van der Waals surface area contributed by atoms with Crippen molar-refractivity contribution in [2.24, 2.45) is 0 Å². The van der Waals surface area contributed by atoms with Gasteiger partial charge in [0.05, 0.1) is 12.2 Å². The number of carbonyl (C=O) groups excluding carboxylic acids is 2. The summed E-state index contributed by atoms with van der Waals surface area (Å²) in [4.78, 5) is 28.9. The highest BCUT2D eigenvalue weighted by atomic mass is 32.2. The number of carbonyl (C=O) groups is 2. The molecule has 2 aliphatic heterocycles. The fourth-order valence-electron chi connectivity index (χ4n) is 2.93. The van der Waals surface area contributed by atoms with Crippen LogP contribution in [0.2, 0.25) is 0 Å². The molecule has 2 aliphatic rings. The van der Waals surface area contributed by atoms with Gasteiger partial charge in [-0.15, -0.1) is 0 Å². The molecule has 2 aromatic rings. The number of benzene rings is 1. The zero-order valence-corrected chi connectivity index (χ0v) is 13.2. The molecule has 4 rings (SSSR count). The summed E-state index contributed by atoms with van der Waals surface area (Å²) in [7, 11) is 0. The van der Waals surface area contributed by atoms with Crippen molar-refractivity contribution in [3.63, 3.8) is 0 Å². The van der Waals surface area contributed by atoms with E-state index in [9.17, 15) is 9.59 Å². The van der Waals surface area contributed by atoms with Gasteiger partial charge >= 0.3 is 0 Å². The van der Waals surface area contributed by atoms with Crippen LogP contribution in [0.4, 0.5) is 0 Å². The van der Waals surface area contributed by atoms with Crippen molar-refractivity contribution < 1.29 is 9.59 Å². The third-order valence-corrected chi connectivity index (χ3v) is 5.08. The van der Waals surface area contributed by atoms with Crippen molar-refractivity contribution in [1.82, 2.24) is 20.2 Å². The molecule has 0 bridgehead atoms. The van der Waals surface area contributed by atoms with Crippen molar-refractivity contribution in [2.45, 2.75) is 30.7 Å². The van der Waals surface area contributed by atoms with E-state index in [1.54, 1.807) is 17.8 Å². The van der Waals surface area contributed by atoms with E-state index in [0.717, 1.165) is 28.7 Å². The first-order valence-corrected chi connectivity index (χ1v) is 8.54. The summed E-state index contributed by atoms with van der Waals surface area (Å²) < 4.78 is 2.10. The Morgan fingerprint density at radius 1 is 1.43 bits per heavy atom. The molecule has 0 unspecified atom stereocenters. The SMILES string of the molecule is O=C1N[C@@H](C(=O)NCc2cn3c(n2)SCC3)Cc2ccccc21. The van der Waals surface area contributed by atoms with Crippen LogP contribution in [0.5, 0.6) is 0 Å². The minimum absolute atomic E-state index is 0.173. The van der Waals surface area contributed by atoms with Crippen LogP contribution in [-0.2, 0) is 24.3 Å². The Morgan fingerprint density at radius 3 is 3.17 bits per heavy atom. The van der Waals surface area contributed by atoms with E-state index < -0.39 is 6.04 Å². The van der Waals surface area contributed by atoms with Crippen molar-refractivity contribution in [3.8, 4) is 0 Å². The second kappa shape index (κ2) is 5.73. The molecule has 1 aromatic carbocycles. The van der Waals surface area contributed by atoms with E-state index in [1.807, 2.05) is 24.4 Å². The van der Waals surface area contributed by atoms with E-state index in [1.165, 1.54) is 0 Å². The third kappa shape index (κ3) is 2.72. The standard InChI is InChI=1S/C16H16N4O2S/c21-14-12-4-2-1-3-10(12)7-13(19-14)15(22)17-8-11-9-20-5-6-23-16(20)18-11/h1-4,9,13H,5-8H2,(H,17,22)(H,19,21)/t13-/m1/s1. The lowest BCUT2D eigenvalue weighted by molar-refractivity contribution is -0.123. The minimum Gasteiger partial charge on any atom is -0.349 e. The van der Waals surface area contributed by atoms with Crippen LogP contribution in [0.25, 0.3) is 0 Å². The predicted octanol–water partition coefficient (Wildman–Crippen LogP) is 0.960. The van der Waals surface area contributed by atoms with Gasteiger partial charge < -0.3 is 15.2 Å². The normalized spacial score (nSPS) is 19.0. The van der Waals surface area contributed by atoms with Gasteiger partial charge in [0, 0.05) is 30.5 Å². The number of nitrogens with zero attached hydrogens (tertiary/aromatic N) is 2. The number of thioether (sulfide) groups is 1. The lowest BCUT2D eigenvalue weighted by Crippen LogP contribution is -2.50. The van der Waals surface area contributed by atoms with Gasteiger partial charge in [-0.3, -0.25) is 9.59 Å². The summed E-state index contributed by atoms with van der Waals surface area (Å²) in [6, 6.07) is 6.86. The van der Waals surface area contributed by atoms with Crippen molar-refractivity contribution in [3.05, 3.63) is 47.3 Å². The zero-order chi connectivity index (χ0) is 15.8. The molecule has 1 aromatic heterocycles. The summed E-state index contributed by atoms with van der Waals surface area (Å²) in [5, 5.41) is 6.65. The van der Waals surface area contributed by atoms with Gasteiger partial charge in [-0.1, -0.05) is 30.0 Å². The highest BCUT2D eigenvalue weighted by Crippen LogP contribution is 2.24. The van der Waals surface area contributed by atoms with Crippen LogP contribution in [0, 0.1) is 0 Å². The summed E-state index contributed by atoms with van der Waals surface area (Å²) >= 11 is 1.73. The van der Waals surface area contributed by atoms with Gasteiger partial charge in [-0.25, -0.2) is 4.98 Å². The number of hydrogen-bond donors (Lipinski definition) is 2. The maximum absolute atomic E-state index is 12.3. The second-order valence-electron chi connectivity index (χ2n) is 5.66. The number of nitrogens with one attached hydrogen (secondary N) is 2. The monoisotopic (exact) mass is 328 g/mol. The van der Waals surface area contributed by atoms with E-state index >= 15 is 0 Å². The molecule has 0 fully saturated rings. The molecule has 7 heteroatoms.